The number of carbonyl (C=O) groups is 10. The number of likely N-dealkylation sites (tertiary alicyclic amines) is 4. The molecular weight excluding hydrogens is 1800 g/mol. The molecule has 0 aliphatic carbocycles. The molecule has 26 nitrogen and oxygen atoms in total. The number of morpholine rings is 1. The third-order valence-corrected chi connectivity index (χ3v) is 28.3. The van der Waals surface area contributed by atoms with Crippen LogP contribution in [0.1, 0.15) is 405 Å². The van der Waals surface area contributed by atoms with Crippen LogP contribution in [-0.2, 0) is 52.7 Å². The van der Waals surface area contributed by atoms with Crippen molar-refractivity contribution in [1.29, 1.82) is 0 Å². The lowest BCUT2D eigenvalue weighted by Crippen LogP contribution is -2.50. The third kappa shape index (κ3) is 57.5. The lowest BCUT2D eigenvalue weighted by atomic mass is 9.82. The minimum atomic E-state index is -0.344. The molecule has 142 heavy (non-hydrogen) atoms. The summed E-state index contributed by atoms with van der Waals surface area (Å²) >= 11 is 1.95. The summed E-state index contributed by atoms with van der Waals surface area (Å²) in [6, 6.07) is 0.848. The van der Waals surface area contributed by atoms with Gasteiger partial charge in [0, 0.05) is 188 Å². The lowest BCUT2D eigenvalue weighted by Gasteiger charge is -2.36. The van der Waals surface area contributed by atoms with Crippen LogP contribution in [0.5, 0.6) is 0 Å². The van der Waals surface area contributed by atoms with Gasteiger partial charge < -0.3 is 72.2 Å². The fourth-order valence-corrected chi connectivity index (χ4v) is 23.0. The number of nitrogens with one attached hydrogen (secondary N) is 4. The number of hydrogen-bond acceptors (Lipinski definition) is 17. The Labute approximate surface area is 876 Å². The van der Waals surface area contributed by atoms with E-state index in [-0.39, 0.29) is 95.8 Å². The maximum atomic E-state index is 12.3. The molecule has 0 aromatic heterocycles. The minimum absolute atomic E-state index is 0.0915. The van der Waals surface area contributed by atoms with Crippen LogP contribution >= 0.6 is 11.8 Å². The van der Waals surface area contributed by atoms with Gasteiger partial charge in [0.1, 0.15) is 0 Å². The number of rotatable bonds is 31. The highest BCUT2D eigenvalue weighted by Gasteiger charge is 2.42. The minimum Gasteiger partial charge on any atom is -0.378 e. The molecule has 8 rings (SSSR count). The van der Waals surface area contributed by atoms with Gasteiger partial charge in [-0.1, -0.05) is 277 Å². The molecule has 8 heterocycles. The summed E-state index contributed by atoms with van der Waals surface area (Å²) in [4.78, 5) is 134. The van der Waals surface area contributed by atoms with Gasteiger partial charge in [0.05, 0.1) is 13.2 Å². The molecule has 0 bridgehead atoms. The zero-order chi connectivity index (χ0) is 110. The van der Waals surface area contributed by atoms with Crippen LogP contribution in [0.15, 0.2) is 0 Å². The van der Waals surface area contributed by atoms with Crippen molar-refractivity contribution in [2.24, 2.45) is 136 Å². The smallest absolute Gasteiger partial charge is 0.239 e. The molecular formula is C115H229N15O11S. The Morgan fingerprint density at radius 1 is 0.289 bits per heavy atom. The quantitative estimate of drug-likeness (QED) is 0.0182. The van der Waals surface area contributed by atoms with Crippen LogP contribution in [0.2, 0.25) is 0 Å². The number of piperazine rings is 1. The molecule has 1 unspecified atom stereocenters. The second-order valence-electron chi connectivity index (χ2n) is 53.3. The first-order chi connectivity index (χ1) is 65.0. The number of nitrogens with zero attached hydrogens (tertiary/aromatic N) is 7. The molecule has 0 spiro atoms. The zero-order valence-electron chi connectivity index (χ0n) is 99.5. The summed E-state index contributed by atoms with van der Waals surface area (Å²) in [5.41, 5.74) is 16.7. The Morgan fingerprint density at radius 2 is 0.521 bits per heavy atom. The van der Waals surface area contributed by atoms with E-state index in [9.17, 15) is 47.9 Å². The van der Waals surface area contributed by atoms with Crippen molar-refractivity contribution in [3.63, 3.8) is 0 Å². The summed E-state index contributed by atoms with van der Waals surface area (Å²) in [6.07, 6.45) is 20.4. The van der Waals surface area contributed by atoms with Crippen molar-refractivity contribution in [1.82, 2.24) is 55.7 Å². The number of carbonyl (C=O) groups excluding carboxylic acids is 10. The molecule has 8 fully saturated rings. The summed E-state index contributed by atoms with van der Waals surface area (Å²) in [7, 11) is 0. The molecule has 27 heteroatoms. The van der Waals surface area contributed by atoms with Crippen LogP contribution in [-0.4, -0.2) is 254 Å². The number of amides is 10. The van der Waals surface area contributed by atoms with Crippen LogP contribution in [0.25, 0.3) is 0 Å². The highest BCUT2D eigenvalue weighted by Crippen LogP contribution is 2.37. The second-order valence-corrected chi connectivity index (χ2v) is 54.5. The first-order valence-electron chi connectivity index (χ1n) is 55.7. The first kappa shape index (κ1) is 139. The van der Waals surface area contributed by atoms with Gasteiger partial charge in [-0.15, -0.1) is 0 Å². The average molecular weight is 2030 g/mol. The van der Waals surface area contributed by atoms with Gasteiger partial charge in [-0.2, -0.15) is 11.8 Å². The molecule has 1 atom stereocenters. The van der Waals surface area contributed by atoms with Gasteiger partial charge in [0.2, 0.25) is 59.1 Å². The van der Waals surface area contributed by atoms with Crippen molar-refractivity contribution in [3.8, 4) is 0 Å². The van der Waals surface area contributed by atoms with Gasteiger partial charge in [-0.25, -0.2) is 5.84 Å². The Balaban J connectivity index is 0. The largest absolute Gasteiger partial charge is 0.378 e. The number of hydrazine groups is 1. The Hall–Kier alpha value is -5.19. The second kappa shape index (κ2) is 66.4. The number of piperidine rings is 3. The molecule has 0 saturated carbocycles. The predicted octanol–water partition coefficient (Wildman–Crippen LogP) is 19.9. The Morgan fingerprint density at radius 3 is 0.796 bits per heavy atom. The number of primary amides is 1. The zero-order valence-corrected chi connectivity index (χ0v) is 100. The monoisotopic (exact) mass is 2030 g/mol. The number of nitrogens with two attached hydrogens (primary N) is 4. The SMILES string of the molecule is CC(C)CC(C)(C)C(=O)N1CCC(N)C1.CC(C)CC(C)(C)C(=O)N1CCC(N)CC1.CC(C)CC(C)(C)C(=O)N1CCCC1.CC(C)CC(C)(C)C(=O)N1CCCCC1.CC(C)CC(C)(C)C(=O)N1CCNCC1.CC(C)CC(C)(C)C(=O)N1CCOCC1.CC(C)CC(C)(C)C(=O)N1CCSCC1.CC(C)CC(C)(C)C(=O)NC1CCNCC1.CC(C)CC(C)(C)C(=O)NN.CC(C)CC(C)(C)C(N)=O. The summed E-state index contributed by atoms with van der Waals surface area (Å²) in [5.74, 6) is 15.0. The van der Waals surface area contributed by atoms with E-state index in [1.165, 1.54) is 32.1 Å². The molecule has 836 valence electrons. The van der Waals surface area contributed by atoms with Crippen molar-refractivity contribution < 1.29 is 52.7 Å². The van der Waals surface area contributed by atoms with Gasteiger partial charge in [-0.3, -0.25) is 53.4 Å². The maximum absolute atomic E-state index is 12.3. The van der Waals surface area contributed by atoms with E-state index in [2.05, 4.69) is 234 Å². The molecule has 10 amide bonds. The molecule has 12 N–H and O–H groups in total. The highest BCUT2D eigenvalue weighted by atomic mass is 32.2. The van der Waals surface area contributed by atoms with Crippen LogP contribution in [0, 0.1) is 113 Å². The standard InChI is InChI=1S/2C13H26N2O.C13H25NO.2C12H24N2O.C12H23NO2.C12H23NOS.C12H23NO.C8H18N2O.C8H17NO/c1-10(2)9-13(3,4)12(16)15-7-5-11(14)6-8-15;1-10(2)9-13(3,4)12(16)15-11-5-7-14-8-6-11;1-11(2)10-13(3,4)12(15)14-8-6-5-7-9-14;1-10(2)9-12(3,4)11(15)14-7-5-13-6-8-14;1-9(2)7-12(3,4)11(15)14-6-5-10(13)8-14;2*1-10(2)9-12(3,4)11(14)13-5-7-15-8-6-13;1-10(2)9-12(3,4)11(14)13-7-5-6-8-13;1-6(2)5-8(3,4)7(11)10-9;1-6(2)5-8(3,4)7(9)10/h10-11H,5-9,14H2,1-4H3;10-11,14H,5-9H2,1-4H3,(H,15,16);11H,5-10H2,1-4H3;10,13H,5-9H2,1-4H3;9-10H,5-8,13H2,1-4H3;2*10H,5-9H2,1-4H3;10H,5-9H2,1-4H3;6H,5,9H2,1-4H3,(H,10,11);6H,5H2,1-4H3,(H2,9,10). The van der Waals surface area contributed by atoms with E-state index in [4.69, 9.17) is 27.8 Å². The first-order valence-corrected chi connectivity index (χ1v) is 56.9. The summed E-state index contributed by atoms with van der Waals surface area (Å²) in [6.45, 7) is 101. The van der Waals surface area contributed by atoms with Crippen molar-refractivity contribution in [2.45, 2.75) is 423 Å². The number of hydrogen-bond donors (Lipinski definition) is 8. The van der Waals surface area contributed by atoms with Crippen LogP contribution < -0.4 is 44.4 Å². The summed E-state index contributed by atoms with van der Waals surface area (Å²) in [5, 5.41) is 9.76. The topological polar surface area (TPSA) is 355 Å². The lowest BCUT2D eigenvalue weighted by molar-refractivity contribution is -0.145. The average Bonchev–Trinajstić information content (AvgIpc) is 1.79. The van der Waals surface area contributed by atoms with Crippen LogP contribution in [0.3, 0.4) is 0 Å². The van der Waals surface area contributed by atoms with E-state index >= 15 is 0 Å². The van der Waals surface area contributed by atoms with Crippen molar-refractivity contribution in [2.75, 3.05) is 143 Å². The fourth-order valence-electron chi connectivity index (χ4n) is 22.1. The molecule has 8 aliphatic heterocycles. The van der Waals surface area contributed by atoms with Gasteiger partial charge in [0.15, 0.2) is 0 Å². The molecule has 0 aromatic rings. The fraction of sp³-hybridized carbons (Fsp3) is 0.913. The van der Waals surface area contributed by atoms with E-state index in [0.29, 0.717) is 108 Å². The van der Waals surface area contributed by atoms with Crippen molar-refractivity contribution >= 4 is 70.8 Å². The van der Waals surface area contributed by atoms with Gasteiger partial charge >= 0.3 is 0 Å². The maximum Gasteiger partial charge on any atom is 0.239 e. The normalized spacial score (nSPS) is 18.0. The van der Waals surface area contributed by atoms with E-state index < -0.39 is 0 Å². The molecule has 0 aromatic carbocycles. The van der Waals surface area contributed by atoms with E-state index in [1.54, 1.807) is 0 Å². The van der Waals surface area contributed by atoms with Crippen LogP contribution in [0.4, 0.5) is 0 Å². The molecule has 0 radical (unpaired) electrons. The Kier molecular flexibility index (Phi) is 64.9. The van der Waals surface area contributed by atoms with Gasteiger partial charge in [0.25, 0.3) is 0 Å². The molecule has 8 saturated heterocycles. The molecule has 8 aliphatic rings. The number of ether oxygens (including phenoxy) is 1. The summed E-state index contributed by atoms with van der Waals surface area (Å²) < 4.78 is 5.25. The van der Waals surface area contributed by atoms with E-state index in [1.807, 2.05) is 110 Å². The highest BCUT2D eigenvalue weighted by molar-refractivity contribution is 7.99. The number of thioether (sulfide) groups is 1. The third-order valence-electron chi connectivity index (χ3n) is 27.3. The van der Waals surface area contributed by atoms with E-state index in [0.717, 1.165) is 226 Å². The van der Waals surface area contributed by atoms with Crippen molar-refractivity contribution in [3.05, 3.63) is 0 Å². The Bertz CT molecular complexity index is 3300. The van der Waals surface area contributed by atoms with Gasteiger partial charge in [-0.05, 0) is 201 Å². The predicted molar refractivity (Wildman–Crippen MR) is 598 cm³/mol.